The molecule has 0 atom stereocenters. The lowest BCUT2D eigenvalue weighted by Gasteiger charge is -2.03. The largest absolute Gasteiger partial charge is 0.411 e. The van der Waals surface area contributed by atoms with E-state index in [1.165, 1.54) is 0 Å². The van der Waals surface area contributed by atoms with Crippen LogP contribution >= 0.6 is 23.4 Å². The quantitative estimate of drug-likeness (QED) is 0.701. The van der Waals surface area contributed by atoms with Crippen molar-refractivity contribution in [2.24, 2.45) is 7.05 Å². The van der Waals surface area contributed by atoms with E-state index in [1.54, 1.807) is 29.9 Å². The first-order chi connectivity index (χ1) is 11.5. The van der Waals surface area contributed by atoms with Gasteiger partial charge in [-0.05, 0) is 19.1 Å². The highest BCUT2D eigenvalue weighted by atomic mass is 35.5. The fraction of sp³-hybridized carbons (Fsp3) is 0.200. The number of halogens is 1. The van der Waals surface area contributed by atoms with E-state index in [2.05, 4.69) is 20.6 Å². The lowest BCUT2D eigenvalue weighted by Crippen LogP contribution is -2.16. The molecule has 0 spiro atoms. The highest BCUT2D eigenvalue weighted by molar-refractivity contribution is 7.99. The van der Waals surface area contributed by atoms with Gasteiger partial charge >= 0.3 is 0 Å². The minimum atomic E-state index is -0.180. The molecule has 0 aliphatic heterocycles. The Hall–Kier alpha value is -2.32. The second-order valence-corrected chi connectivity index (χ2v) is 6.32. The van der Waals surface area contributed by atoms with Gasteiger partial charge in [0.2, 0.25) is 11.8 Å². The fourth-order valence-corrected chi connectivity index (χ4v) is 2.83. The van der Waals surface area contributed by atoms with Gasteiger partial charge in [0.05, 0.1) is 22.0 Å². The molecule has 0 bridgehead atoms. The lowest BCUT2D eigenvalue weighted by molar-refractivity contribution is -0.113. The molecule has 124 valence electrons. The van der Waals surface area contributed by atoms with Crippen LogP contribution in [-0.4, -0.2) is 31.6 Å². The molecule has 0 saturated heterocycles. The SMILES string of the molecule is Cc1cc(NC(=O)CSc2nnc(-c3ccccc3Cl)o2)n(C)n1. The molecular formula is C15H14ClN5O2S. The molecule has 0 radical (unpaired) electrons. The summed E-state index contributed by atoms with van der Waals surface area (Å²) >= 11 is 7.25. The number of amides is 1. The molecule has 1 amide bonds. The van der Waals surface area contributed by atoms with Gasteiger partial charge in [-0.15, -0.1) is 10.2 Å². The maximum absolute atomic E-state index is 12.0. The predicted molar refractivity (Wildman–Crippen MR) is 92.0 cm³/mol. The van der Waals surface area contributed by atoms with Gasteiger partial charge in [-0.2, -0.15) is 5.10 Å². The molecule has 1 N–H and O–H groups in total. The minimum Gasteiger partial charge on any atom is -0.411 e. The predicted octanol–water partition coefficient (Wildman–Crippen LogP) is 3.16. The smallest absolute Gasteiger partial charge is 0.277 e. The van der Waals surface area contributed by atoms with Crippen LogP contribution in [0.25, 0.3) is 11.5 Å². The van der Waals surface area contributed by atoms with Crippen LogP contribution in [0.4, 0.5) is 5.82 Å². The summed E-state index contributed by atoms with van der Waals surface area (Å²) in [6.07, 6.45) is 0. The first kappa shape index (κ1) is 16.5. The van der Waals surface area contributed by atoms with E-state index in [1.807, 2.05) is 19.1 Å². The molecule has 2 heterocycles. The van der Waals surface area contributed by atoms with Crippen LogP contribution in [0.2, 0.25) is 5.02 Å². The standard InChI is InChI=1S/C15H14ClN5O2S/c1-9-7-12(21(2)20-9)17-13(22)8-24-15-19-18-14(23-15)10-5-3-4-6-11(10)16/h3-7H,8H2,1-2H3,(H,17,22). The summed E-state index contributed by atoms with van der Waals surface area (Å²) in [7, 11) is 1.77. The van der Waals surface area contributed by atoms with E-state index < -0.39 is 0 Å². The minimum absolute atomic E-state index is 0.147. The molecule has 0 aliphatic carbocycles. The molecular weight excluding hydrogens is 350 g/mol. The summed E-state index contributed by atoms with van der Waals surface area (Å²) in [5, 5.41) is 15.7. The summed E-state index contributed by atoms with van der Waals surface area (Å²) in [5.41, 5.74) is 1.50. The van der Waals surface area contributed by atoms with Gasteiger partial charge in [0, 0.05) is 13.1 Å². The van der Waals surface area contributed by atoms with E-state index in [0.29, 0.717) is 27.5 Å². The Morgan fingerprint density at radius 3 is 2.88 bits per heavy atom. The number of carbonyl (C=O) groups is 1. The maximum Gasteiger partial charge on any atom is 0.277 e. The van der Waals surface area contributed by atoms with Crippen LogP contribution in [0.15, 0.2) is 40.0 Å². The van der Waals surface area contributed by atoms with Crippen LogP contribution in [0.3, 0.4) is 0 Å². The third-order valence-electron chi connectivity index (χ3n) is 3.11. The summed E-state index contributed by atoms with van der Waals surface area (Å²) in [6.45, 7) is 1.86. The monoisotopic (exact) mass is 363 g/mol. The van der Waals surface area contributed by atoms with Crippen molar-refractivity contribution < 1.29 is 9.21 Å². The molecule has 9 heteroatoms. The Morgan fingerprint density at radius 1 is 1.38 bits per heavy atom. The van der Waals surface area contributed by atoms with Crippen molar-refractivity contribution in [1.29, 1.82) is 0 Å². The van der Waals surface area contributed by atoms with Gasteiger partial charge in [-0.1, -0.05) is 35.5 Å². The van der Waals surface area contributed by atoms with Crippen LogP contribution in [0, 0.1) is 6.92 Å². The summed E-state index contributed by atoms with van der Waals surface area (Å²) in [6, 6.07) is 8.99. The molecule has 3 aromatic rings. The third kappa shape index (κ3) is 3.77. The molecule has 1 aromatic carbocycles. The van der Waals surface area contributed by atoms with Crippen molar-refractivity contribution in [2.45, 2.75) is 12.1 Å². The first-order valence-corrected chi connectivity index (χ1v) is 8.41. The van der Waals surface area contributed by atoms with Gasteiger partial charge in [0.1, 0.15) is 5.82 Å². The Labute approximate surface area is 147 Å². The second-order valence-electron chi connectivity index (χ2n) is 4.98. The van der Waals surface area contributed by atoms with Crippen molar-refractivity contribution in [2.75, 3.05) is 11.1 Å². The number of hydrogen-bond acceptors (Lipinski definition) is 6. The topological polar surface area (TPSA) is 85.8 Å². The number of aromatic nitrogens is 4. The van der Waals surface area contributed by atoms with Crippen molar-refractivity contribution in [1.82, 2.24) is 20.0 Å². The molecule has 0 saturated carbocycles. The lowest BCUT2D eigenvalue weighted by atomic mass is 10.2. The number of rotatable bonds is 5. The van der Waals surface area contributed by atoms with Gasteiger partial charge in [-0.25, -0.2) is 0 Å². The number of benzene rings is 1. The van der Waals surface area contributed by atoms with Gasteiger partial charge in [-0.3, -0.25) is 9.48 Å². The number of nitrogens with zero attached hydrogens (tertiary/aromatic N) is 4. The Morgan fingerprint density at radius 2 is 2.17 bits per heavy atom. The molecule has 0 aliphatic rings. The van der Waals surface area contributed by atoms with Gasteiger partial charge < -0.3 is 9.73 Å². The van der Waals surface area contributed by atoms with Gasteiger partial charge in [0.15, 0.2) is 0 Å². The zero-order chi connectivity index (χ0) is 17.1. The van der Waals surface area contributed by atoms with Crippen LogP contribution in [0.1, 0.15) is 5.69 Å². The average Bonchev–Trinajstić information content (AvgIpc) is 3.13. The average molecular weight is 364 g/mol. The first-order valence-electron chi connectivity index (χ1n) is 7.04. The molecule has 0 unspecified atom stereocenters. The van der Waals surface area contributed by atoms with Crippen LogP contribution in [0.5, 0.6) is 0 Å². The van der Waals surface area contributed by atoms with Crippen LogP contribution < -0.4 is 5.32 Å². The zero-order valence-corrected chi connectivity index (χ0v) is 14.6. The third-order valence-corrected chi connectivity index (χ3v) is 4.25. The Bertz CT molecular complexity index is 876. The Balaban J connectivity index is 1.60. The number of aryl methyl sites for hydroxylation is 2. The fourth-order valence-electron chi connectivity index (χ4n) is 2.05. The number of anilines is 1. The van der Waals surface area contributed by atoms with E-state index in [9.17, 15) is 4.79 Å². The van der Waals surface area contributed by atoms with Crippen molar-refractivity contribution in [3.63, 3.8) is 0 Å². The molecule has 7 nitrogen and oxygen atoms in total. The normalized spacial score (nSPS) is 10.8. The number of thioether (sulfide) groups is 1. The molecule has 2 aromatic heterocycles. The number of hydrogen-bond donors (Lipinski definition) is 1. The van der Waals surface area contributed by atoms with E-state index in [4.69, 9.17) is 16.0 Å². The summed E-state index contributed by atoms with van der Waals surface area (Å²) < 4.78 is 7.15. The highest BCUT2D eigenvalue weighted by Gasteiger charge is 2.14. The highest BCUT2D eigenvalue weighted by Crippen LogP contribution is 2.28. The second kappa shape index (κ2) is 7.06. The summed E-state index contributed by atoms with van der Waals surface area (Å²) in [4.78, 5) is 12.0. The molecule has 0 fully saturated rings. The number of nitrogens with one attached hydrogen (secondary N) is 1. The van der Waals surface area contributed by atoms with E-state index >= 15 is 0 Å². The summed E-state index contributed by atoms with van der Waals surface area (Å²) in [5.74, 6) is 0.931. The zero-order valence-electron chi connectivity index (χ0n) is 13.0. The number of carbonyl (C=O) groups excluding carboxylic acids is 1. The van der Waals surface area contributed by atoms with Crippen LogP contribution in [-0.2, 0) is 11.8 Å². The maximum atomic E-state index is 12.0. The molecule has 24 heavy (non-hydrogen) atoms. The van der Waals surface area contributed by atoms with E-state index in [0.717, 1.165) is 17.5 Å². The van der Waals surface area contributed by atoms with Crippen molar-refractivity contribution in [3.8, 4) is 11.5 Å². The van der Waals surface area contributed by atoms with Crippen molar-refractivity contribution >= 4 is 35.1 Å². The van der Waals surface area contributed by atoms with E-state index in [-0.39, 0.29) is 11.7 Å². The van der Waals surface area contributed by atoms with Gasteiger partial charge in [0.25, 0.3) is 5.22 Å². The van der Waals surface area contributed by atoms with Crippen molar-refractivity contribution in [3.05, 3.63) is 41.0 Å². The molecule has 3 rings (SSSR count). The Kier molecular flexibility index (Phi) is 4.86.